The first kappa shape index (κ1) is 13.1. The molecule has 0 spiro atoms. The molecule has 0 unspecified atom stereocenters. The second-order valence-corrected chi connectivity index (χ2v) is 4.33. The van der Waals surface area contributed by atoms with E-state index in [2.05, 4.69) is 12.1 Å². The molecule has 0 heterocycles. The Morgan fingerprint density at radius 2 is 1.74 bits per heavy atom. The summed E-state index contributed by atoms with van der Waals surface area (Å²) < 4.78 is 5.04. The predicted molar refractivity (Wildman–Crippen MR) is 73.8 cm³/mol. The van der Waals surface area contributed by atoms with Gasteiger partial charge in [-0.15, -0.1) is 0 Å². The van der Waals surface area contributed by atoms with Crippen LogP contribution in [0.5, 0.6) is 5.75 Å². The molecule has 0 aliphatic heterocycles. The number of carbonyl (C=O) groups is 1. The van der Waals surface area contributed by atoms with Gasteiger partial charge >= 0.3 is 5.97 Å². The largest absolute Gasteiger partial charge is 0.496 e. The van der Waals surface area contributed by atoms with E-state index in [0.717, 1.165) is 18.4 Å². The van der Waals surface area contributed by atoms with Crippen LogP contribution >= 0.6 is 0 Å². The van der Waals surface area contributed by atoms with Crippen LogP contribution in [0.15, 0.2) is 48.5 Å². The number of benzene rings is 2. The lowest BCUT2D eigenvalue weighted by Gasteiger charge is -2.08. The topological polar surface area (TPSA) is 46.5 Å². The number of aryl methyl sites for hydroxylation is 2. The van der Waals surface area contributed by atoms with E-state index in [-0.39, 0.29) is 5.56 Å². The Hall–Kier alpha value is -2.29. The Morgan fingerprint density at radius 1 is 1.05 bits per heavy atom. The number of ether oxygens (including phenoxy) is 1. The summed E-state index contributed by atoms with van der Waals surface area (Å²) in [5, 5.41) is 9.13. The molecule has 0 bridgehead atoms. The SMILES string of the molecule is COc1ccc(CCc2ccccc2)cc1C(=O)O. The van der Waals surface area contributed by atoms with Crippen molar-refractivity contribution in [1.82, 2.24) is 0 Å². The van der Waals surface area contributed by atoms with Gasteiger partial charge in [0, 0.05) is 0 Å². The van der Waals surface area contributed by atoms with Crippen LogP contribution in [-0.2, 0) is 12.8 Å². The van der Waals surface area contributed by atoms with Crippen molar-refractivity contribution in [2.45, 2.75) is 12.8 Å². The molecule has 0 amide bonds. The second-order valence-electron chi connectivity index (χ2n) is 4.33. The molecule has 0 saturated heterocycles. The fraction of sp³-hybridized carbons (Fsp3) is 0.188. The predicted octanol–water partition coefficient (Wildman–Crippen LogP) is 3.18. The van der Waals surface area contributed by atoms with Gasteiger partial charge in [0.25, 0.3) is 0 Å². The summed E-state index contributed by atoms with van der Waals surface area (Å²) in [7, 11) is 1.48. The summed E-state index contributed by atoms with van der Waals surface area (Å²) in [4.78, 5) is 11.1. The number of hydrogen-bond acceptors (Lipinski definition) is 2. The van der Waals surface area contributed by atoms with Crippen molar-refractivity contribution in [3.05, 3.63) is 65.2 Å². The molecule has 0 aromatic heterocycles. The highest BCUT2D eigenvalue weighted by Crippen LogP contribution is 2.20. The Labute approximate surface area is 112 Å². The number of carboxylic acid groups (broad SMARTS) is 1. The van der Waals surface area contributed by atoms with Crippen LogP contribution < -0.4 is 4.74 Å². The van der Waals surface area contributed by atoms with E-state index in [0.29, 0.717) is 5.75 Å². The summed E-state index contributed by atoms with van der Waals surface area (Å²) in [6.45, 7) is 0. The van der Waals surface area contributed by atoms with Crippen LogP contribution in [-0.4, -0.2) is 18.2 Å². The summed E-state index contributed by atoms with van der Waals surface area (Å²) in [6, 6.07) is 15.4. The summed E-state index contributed by atoms with van der Waals surface area (Å²) in [5.74, 6) is -0.561. The maximum Gasteiger partial charge on any atom is 0.339 e. The van der Waals surface area contributed by atoms with Gasteiger partial charge in [0.2, 0.25) is 0 Å². The third-order valence-corrected chi connectivity index (χ3v) is 3.04. The van der Waals surface area contributed by atoms with Gasteiger partial charge in [-0.25, -0.2) is 4.79 Å². The quantitative estimate of drug-likeness (QED) is 0.893. The van der Waals surface area contributed by atoms with E-state index in [9.17, 15) is 4.79 Å². The Balaban J connectivity index is 2.13. The molecule has 3 nitrogen and oxygen atoms in total. The van der Waals surface area contributed by atoms with Gasteiger partial charge in [-0.3, -0.25) is 0 Å². The van der Waals surface area contributed by atoms with Gasteiger partial charge in [0.05, 0.1) is 7.11 Å². The maximum absolute atomic E-state index is 11.1. The average Bonchev–Trinajstić information content (AvgIpc) is 2.46. The molecule has 0 aliphatic carbocycles. The number of methoxy groups -OCH3 is 1. The van der Waals surface area contributed by atoms with Crippen LogP contribution in [0.25, 0.3) is 0 Å². The van der Waals surface area contributed by atoms with Crippen molar-refractivity contribution < 1.29 is 14.6 Å². The highest BCUT2D eigenvalue weighted by atomic mass is 16.5. The van der Waals surface area contributed by atoms with Gasteiger partial charge < -0.3 is 9.84 Å². The zero-order chi connectivity index (χ0) is 13.7. The lowest BCUT2D eigenvalue weighted by molar-refractivity contribution is 0.0693. The number of carboxylic acids is 1. The number of aromatic carboxylic acids is 1. The van der Waals surface area contributed by atoms with Crippen molar-refractivity contribution in [2.24, 2.45) is 0 Å². The highest BCUT2D eigenvalue weighted by molar-refractivity contribution is 5.91. The van der Waals surface area contributed by atoms with Crippen molar-refractivity contribution in [2.75, 3.05) is 7.11 Å². The molecule has 0 saturated carbocycles. The zero-order valence-electron chi connectivity index (χ0n) is 10.8. The van der Waals surface area contributed by atoms with Crippen molar-refractivity contribution in [3.8, 4) is 5.75 Å². The van der Waals surface area contributed by atoms with Gasteiger partial charge in [0.1, 0.15) is 11.3 Å². The summed E-state index contributed by atoms with van der Waals surface area (Å²) in [6.07, 6.45) is 1.71. The molecular formula is C16H16O3. The van der Waals surface area contributed by atoms with E-state index in [1.807, 2.05) is 24.3 Å². The van der Waals surface area contributed by atoms with Crippen LogP contribution in [0.2, 0.25) is 0 Å². The molecule has 0 atom stereocenters. The Kier molecular flexibility index (Phi) is 4.18. The van der Waals surface area contributed by atoms with E-state index in [1.54, 1.807) is 12.1 Å². The molecule has 1 N–H and O–H groups in total. The standard InChI is InChI=1S/C16H16O3/c1-19-15-10-9-13(11-14(15)16(17)18)8-7-12-5-3-2-4-6-12/h2-6,9-11H,7-8H2,1H3,(H,17,18). The summed E-state index contributed by atoms with van der Waals surface area (Å²) >= 11 is 0. The fourth-order valence-corrected chi connectivity index (χ4v) is 2.01. The van der Waals surface area contributed by atoms with Gasteiger partial charge in [-0.05, 0) is 36.1 Å². The van der Waals surface area contributed by atoms with Crippen molar-refractivity contribution >= 4 is 5.97 Å². The molecule has 0 aliphatic rings. The molecule has 98 valence electrons. The van der Waals surface area contributed by atoms with E-state index < -0.39 is 5.97 Å². The zero-order valence-corrected chi connectivity index (χ0v) is 10.8. The third kappa shape index (κ3) is 3.35. The van der Waals surface area contributed by atoms with Gasteiger partial charge in [-0.1, -0.05) is 36.4 Å². The summed E-state index contributed by atoms with van der Waals surface area (Å²) in [5.41, 5.74) is 2.46. The molecule has 2 aromatic carbocycles. The highest BCUT2D eigenvalue weighted by Gasteiger charge is 2.11. The lowest BCUT2D eigenvalue weighted by atomic mass is 10.0. The fourth-order valence-electron chi connectivity index (χ4n) is 2.01. The minimum absolute atomic E-state index is 0.216. The van der Waals surface area contributed by atoms with Crippen molar-refractivity contribution in [1.29, 1.82) is 0 Å². The van der Waals surface area contributed by atoms with Gasteiger partial charge in [0.15, 0.2) is 0 Å². The van der Waals surface area contributed by atoms with Gasteiger partial charge in [-0.2, -0.15) is 0 Å². The molecular weight excluding hydrogens is 240 g/mol. The number of rotatable bonds is 5. The number of hydrogen-bond donors (Lipinski definition) is 1. The first-order valence-electron chi connectivity index (χ1n) is 6.15. The van der Waals surface area contributed by atoms with Crippen LogP contribution in [0.3, 0.4) is 0 Å². The average molecular weight is 256 g/mol. The van der Waals surface area contributed by atoms with E-state index in [1.165, 1.54) is 12.7 Å². The first-order valence-corrected chi connectivity index (χ1v) is 6.15. The third-order valence-electron chi connectivity index (χ3n) is 3.04. The molecule has 0 fully saturated rings. The van der Waals surface area contributed by atoms with Crippen LogP contribution in [0.1, 0.15) is 21.5 Å². The minimum Gasteiger partial charge on any atom is -0.496 e. The smallest absolute Gasteiger partial charge is 0.339 e. The van der Waals surface area contributed by atoms with Crippen molar-refractivity contribution in [3.63, 3.8) is 0 Å². The first-order chi connectivity index (χ1) is 9.20. The van der Waals surface area contributed by atoms with E-state index in [4.69, 9.17) is 9.84 Å². The van der Waals surface area contributed by atoms with Crippen LogP contribution in [0, 0.1) is 0 Å². The maximum atomic E-state index is 11.1. The second kappa shape index (κ2) is 6.05. The molecule has 19 heavy (non-hydrogen) atoms. The Bertz CT molecular complexity index is 561. The minimum atomic E-state index is -0.960. The normalized spacial score (nSPS) is 10.2. The monoisotopic (exact) mass is 256 g/mol. The molecule has 3 heteroatoms. The Morgan fingerprint density at radius 3 is 2.37 bits per heavy atom. The molecule has 0 radical (unpaired) electrons. The van der Waals surface area contributed by atoms with Crippen LogP contribution in [0.4, 0.5) is 0 Å². The lowest BCUT2D eigenvalue weighted by Crippen LogP contribution is -2.02. The molecule has 2 rings (SSSR count). The molecule has 2 aromatic rings. The van der Waals surface area contributed by atoms with E-state index >= 15 is 0 Å².